The summed E-state index contributed by atoms with van der Waals surface area (Å²) in [4.78, 5) is 38.1. The Bertz CT molecular complexity index is 1250. The van der Waals surface area contributed by atoms with Crippen molar-refractivity contribution in [3.63, 3.8) is 0 Å². The van der Waals surface area contributed by atoms with Gasteiger partial charge in [-0.25, -0.2) is 0 Å². The molecule has 0 fully saturated rings. The lowest BCUT2D eigenvalue weighted by atomic mass is 10.0. The summed E-state index contributed by atoms with van der Waals surface area (Å²) in [6.07, 6.45) is 72.3. The second kappa shape index (κ2) is 57.7. The third-order valence-corrected chi connectivity index (χ3v) is 13.0. The Morgan fingerprint density at radius 3 is 0.899 bits per heavy atom. The lowest BCUT2D eigenvalue weighted by Crippen LogP contribution is -2.30. The molecule has 0 spiro atoms. The summed E-state index contributed by atoms with van der Waals surface area (Å²) in [5, 5.41) is 0. The van der Waals surface area contributed by atoms with Crippen LogP contribution in [0.15, 0.2) is 60.8 Å². The van der Waals surface area contributed by atoms with Crippen molar-refractivity contribution in [2.75, 3.05) is 13.2 Å². The Hall–Kier alpha value is -2.89. The third-order valence-electron chi connectivity index (χ3n) is 13.0. The van der Waals surface area contributed by atoms with Crippen molar-refractivity contribution in [2.24, 2.45) is 0 Å². The van der Waals surface area contributed by atoms with Crippen molar-refractivity contribution in [3.8, 4) is 0 Å². The third kappa shape index (κ3) is 55.9. The van der Waals surface area contributed by atoms with Crippen LogP contribution in [0.3, 0.4) is 0 Å². The van der Waals surface area contributed by atoms with Gasteiger partial charge in [0.15, 0.2) is 6.10 Å². The Labute approximate surface area is 428 Å². The van der Waals surface area contributed by atoms with Gasteiger partial charge in [-0.3, -0.25) is 14.4 Å². The lowest BCUT2D eigenvalue weighted by molar-refractivity contribution is -0.167. The maximum atomic E-state index is 12.8. The van der Waals surface area contributed by atoms with Crippen LogP contribution in [0, 0.1) is 0 Å². The zero-order chi connectivity index (χ0) is 50.0. The fraction of sp³-hybridized carbons (Fsp3) is 0.794. The zero-order valence-corrected chi connectivity index (χ0v) is 45.8. The summed E-state index contributed by atoms with van der Waals surface area (Å²) in [7, 11) is 0. The Morgan fingerprint density at radius 1 is 0.304 bits per heavy atom. The molecule has 6 nitrogen and oxygen atoms in total. The van der Waals surface area contributed by atoms with Crippen LogP contribution in [0.4, 0.5) is 0 Å². The van der Waals surface area contributed by atoms with E-state index in [-0.39, 0.29) is 31.1 Å². The van der Waals surface area contributed by atoms with Gasteiger partial charge >= 0.3 is 17.9 Å². The van der Waals surface area contributed by atoms with Crippen LogP contribution >= 0.6 is 0 Å². The molecular formula is C63H112O6. The maximum Gasteiger partial charge on any atom is 0.306 e. The van der Waals surface area contributed by atoms with E-state index in [2.05, 4.69) is 81.5 Å². The molecule has 0 aliphatic rings. The number of unbranched alkanes of at least 4 members (excludes halogenated alkanes) is 33. The monoisotopic (exact) mass is 965 g/mol. The number of allylic oxidation sites excluding steroid dienone is 10. The highest BCUT2D eigenvalue weighted by atomic mass is 16.6. The first kappa shape index (κ1) is 66.1. The molecule has 0 amide bonds. The molecule has 0 aliphatic heterocycles. The van der Waals surface area contributed by atoms with Gasteiger partial charge in [0.05, 0.1) is 0 Å². The predicted octanol–water partition coefficient (Wildman–Crippen LogP) is 20.0. The van der Waals surface area contributed by atoms with Crippen LogP contribution in [0.5, 0.6) is 0 Å². The van der Waals surface area contributed by atoms with Crippen molar-refractivity contribution in [1.29, 1.82) is 0 Å². The SMILES string of the molecule is CC/C=C\C/C=C\C/C=C\C/C=C\CCCCCCC(=O)OC(COC(=O)CCCCCCCCCCC)COC(=O)CCCCCCCCCCCCCCC/C=C\CCCCCCCCCC. The number of esters is 3. The highest BCUT2D eigenvalue weighted by Crippen LogP contribution is 2.16. The molecule has 1 atom stereocenters. The van der Waals surface area contributed by atoms with Gasteiger partial charge in [0, 0.05) is 19.3 Å². The van der Waals surface area contributed by atoms with Gasteiger partial charge in [0.1, 0.15) is 13.2 Å². The number of hydrogen-bond donors (Lipinski definition) is 0. The minimum absolute atomic E-state index is 0.0818. The molecule has 0 heterocycles. The van der Waals surface area contributed by atoms with E-state index in [4.69, 9.17) is 14.2 Å². The van der Waals surface area contributed by atoms with Gasteiger partial charge in [-0.2, -0.15) is 0 Å². The molecule has 69 heavy (non-hydrogen) atoms. The summed E-state index contributed by atoms with van der Waals surface area (Å²) < 4.78 is 16.8. The molecule has 0 bridgehead atoms. The van der Waals surface area contributed by atoms with E-state index in [9.17, 15) is 14.4 Å². The average molecular weight is 966 g/mol. The number of hydrogen-bond acceptors (Lipinski definition) is 6. The summed E-state index contributed by atoms with van der Waals surface area (Å²) in [5.41, 5.74) is 0. The van der Waals surface area contributed by atoms with Gasteiger partial charge in [-0.15, -0.1) is 0 Å². The second-order valence-corrected chi connectivity index (χ2v) is 19.9. The molecule has 0 aromatic heterocycles. The number of carbonyl (C=O) groups is 3. The van der Waals surface area contributed by atoms with E-state index in [1.54, 1.807) is 0 Å². The quantitative estimate of drug-likeness (QED) is 0.0262. The molecule has 0 radical (unpaired) electrons. The normalized spacial score (nSPS) is 12.4. The van der Waals surface area contributed by atoms with Gasteiger partial charge in [-0.1, -0.05) is 261 Å². The molecule has 0 saturated heterocycles. The van der Waals surface area contributed by atoms with Gasteiger partial charge in [0.2, 0.25) is 0 Å². The standard InChI is InChI=1S/C63H112O6/c1-4-7-10-13-16-19-21-23-25-27-28-29-30-31-32-33-34-36-37-39-41-44-47-50-53-56-62(65)68-59-60(58-67-61(64)55-52-49-46-43-18-15-12-9-6-3)69-63(66)57-54-51-48-45-42-40-38-35-26-24-22-20-17-14-11-8-5-2/h8,11,17,20,24,26-28,38,40,60H,4-7,9-10,12-16,18-19,21-23,25,29-37,39,41-59H2,1-3H3/b11-8-,20-17-,26-24-,28-27-,40-38-. The summed E-state index contributed by atoms with van der Waals surface area (Å²) >= 11 is 0. The average Bonchev–Trinajstić information content (AvgIpc) is 3.35. The van der Waals surface area contributed by atoms with Crippen LogP contribution in [-0.2, 0) is 28.6 Å². The molecule has 0 saturated carbocycles. The first-order valence-corrected chi connectivity index (χ1v) is 29.8. The Morgan fingerprint density at radius 2 is 0.565 bits per heavy atom. The van der Waals surface area contributed by atoms with E-state index in [0.717, 1.165) is 96.3 Å². The van der Waals surface area contributed by atoms with Crippen molar-refractivity contribution in [3.05, 3.63) is 60.8 Å². The maximum absolute atomic E-state index is 12.8. The van der Waals surface area contributed by atoms with Crippen LogP contribution in [0.2, 0.25) is 0 Å². The Balaban J connectivity index is 4.21. The number of rotatable bonds is 54. The fourth-order valence-electron chi connectivity index (χ4n) is 8.55. The van der Waals surface area contributed by atoms with E-state index < -0.39 is 6.10 Å². The Kier molecular flexibility index (Phi) is 55.3. The molecule has 400 valence electrons. The van der Waals surface area contributed by atoms with Crippen LogP contribution in [0.25, 0.3) is 0 Å². The fourth-order valence-corrected chi connectivity index (χ4v) is 8.55. The molecule has 0 aromatic carbocycles. The van der Waals surface area contributed by atoms with Crippen molar-refractivity contribution in [2.45, 2.75) is 309 Å². The van der Waals surface area contributed by atoms with E-state index in [1.165, 1.54) is 167 Å². The van der Waals surface area contributed by atoms with Crippen LogP contribution in [0.1, 0.15) is 303 Å². The van der Waals surface area contributed by atoms with Crippen LogP contribution in [-0.4, -0.2) is 37.2 Å². The molecule has 6 heteroatoms. The highest BCUT2D eigenvalue weighted by molar-refractivity contribution is 5.71. The van der Waals surface area contributed by atoms with E-state index in [1.807, 2.05) is 0 Å². The topological polar surface area (TPSA) is 78.9 Å². The number of ether oxygens (including phenoxy) is 3. The molecule has 0 aliphatic carbocycles. The molecule has 1 unspecified atom stereocenters. The minimum Gasteiger partial charge on any atom is -0.462 e. The molecule has 0 aromatic rings. The largest absolute Gasteiger partial charge is 0.462 e. The van der Waals surface area contributed by atoms with Gasteiger partial charge in [-0.05, 0) is 83.5 Å². The molecule has 0 rings (SSSR count). The number of carbonyl (C=O) groups excluding carboxylic acids is 3. The first-order valence-electron chi connectivity index (χ1n) is 29.8. The van der Waals surface area contributed by atoms with E-state index >= 15 is 0 Å². The molecular weight excluding hydrogens is 853 g/mol. The van der Waals surface area contributed by atoms with Gasteiger partial charge in [0.25, 0.3) is 0 Å². The predicted molar refractivity (Wildman–Crippen MR) is 298 cm³/mol. The summed E-state index contributed by atoms with van der Waals surface area (Å²) in [6.45, 7) is 6.51. The van der Waals surface area contributed by atoms with Crippen molar-refractivity contribution < 1.29 is 28.6 Å². The highest BCUT2D eigenvalue weighted by Gasteiger charge is 2.19. The summed E-state index contributed by atoms with van der Waals surface area (Å²) in [6, 6.07) is 0. The lowest BCUT2D eigenvalue weighted by Gasteiger charge is -2.18. The van der Waals surface area contributed by atoms with Gasteiger partial charge < -0.3 is 14.2 Å². The van der Waals surface area contributed by atoms with Crippen molar-refractivity contribution >= 4 is 17.9 Å². The van der Waals surface area contributed by atoms with E-state index in [0.29, 0.717) is 19.3 Å². The first-order chi connectivity index (χ1) is 34.0. The van der Waals surface area contributed by atoms with Crippen molar-refractivity contribution in [1.82, 2.24) is 0 Å². The smallest absolute Gasteiger partial charge is 0.306 e. The molecule has 0 N–H and O–H groups in total. The second-order valence-electron chi connectivity index (χ2n) is 19.9. The minimum atomic E-state index is -0.784. The zero-order valence-electron chi connectivity index (χ0n) is 45.8. The summed E-state index contributed by atoms with van der Waals surface area (Å²) in [5.74, 6) is -0.897. The van der Waals surface area contributed by atoms with Crippen LogP contribution < -0.4 is 0 Å².